The van der Waals surface area contributed by atoms with Gasteiger partial charge >= 0.3 is 5.97 Å². The fourth-order valence-electron chi connectivity index (χ4n) is 1.96. The van der Waals surface area contributed by atoms with Crippen LogP contribution in [-0.2, 0) is 14.3 Å². The van der Waals surface area contributed by atoms with Gasteiger partial charge in [0.1, 0.15) is 0 Å². The topological polar surface area (TPSA) is 72.0 Å². The molecule has 1 aliphatic heterocycles. The van der Waals surface area contributed by atoms with Crippen LogP contribution in [0.15, 0.2) is 4.99 Å². The predicted octanol–water partition coefficient (Wildman–Crippen LogP) is -0.249. The van der Waals surface area contributed by atoms with Crippen molar-refractivity contribution >= 4 is 11.9 Å². The molecule has 0 atom stereocenters. The lowest BCUT2D eigenvalue weighted by atomic mass is 9.80. The van der Waals surface area contributed by atoms with E-state index in [1.54, 1.807) is 14.1 Å². The Hall–Kier alpha value is -1.30. The standard InChI is InChI=1S/C11H21N3O3/c1-12-10(13-2)14-8-11(9(15)16-3)4-6-17-7-5-11/h4-8H2,1-3H3,(H2,12,13,14). The summed E-state index contributed by atoms with van der Waals surface area (Å²) in [5, 5.41) is 6.05. The third-order valence-electron chi connectivity index (χ3n) is 3.12. The molecular formula is C11H21N3O3. The minimum atomic E-state index is -0.500. The molecule has 17 heavy (non-hydrogen) atoms. The van der Waals surface area contributed by atoms with E-state index in [1.807, 2.05) is 0 Å². The summed E-state index contributed by atoms with van der Waals surface area (Å²) in [6.07, 6.45) is 1.35. The van der Waals surface area contributed by atoms with Crippen molar-refractivity contribution in [3.63, 3.8) is 0 Å². The molecule has 1 saturated heterocycles. The van der Waals surface area contributed by atoms with E-state index in [4.69, 9.17) is 9.47 Å². The van der Waals surface area contributed by atoms with Crippen LogP contribution < -0.4 is 10.6 Å². The second kappa shape index (κ2) is 6.44. The largest absolute Gasteiger partial charge is 0.469 e. The molecule has 1 heterocycles. The van der Waals surface area contributed by atoms with Crippen molar-refractivity contribution in [1.82, 2.24) is 10.6 Å². The van der Waals surface area contributed by atoms with Gasteiger partial charge in [-0.1, -0.05) is 0 Å². The van der Waals surface area contributed by atoms with E-state index >= 15 is 0 Å². The highest BCUT2D eigenvalue weighted by atomic mass is 16.5. The Morgan fingerprint density at radius 1 is 1.47 bits per heavy atom. The number of nitrogens with zero attached hydrogens (tertiary/aromatic N) is 1. The lowest BCUT2D eigenvalue weighted by Gasteiger charge is -2.34. The van der Waals surface area contributed by atoms with Crippen molar-refractivity contribution in [3.8, 4) is 0 Å². The van der Waals surface area contributed by atoms with E-state index in [0.29, 0.717) is 38.6 Å². The molecule has 1 rings (SSSR count). The number of nitrogens with one attached hydrogen (secondary N) is 2. The molecule has 2 N–H and O–H groups in total. The molecule has 0 spiro atoms. The predicted molar refractivity (Wildman–Crippen MR) is 64.9 cm³/mol. The lowest BCUT2D eigenvalue weighted by Crippen LogP contribution is -2.49. The number of ether oxygens (including phenoxy) is 2. The fraction of sp³-hybridized carbons (Fsp3) is 0.818. The van der Waals surface area contributed by atoms with Crippen LogP contribution in [0.3, 0.4) is 0 Å². The Bertz CT molecular complexity index is 286. The van der Waals surface area contributed by atoms with E-state index in [1.165, 1.54) is 7.11 Å². The first-order valence-electron chi connectivity index (χ1n) is 5.73. The average molecular weight is 243 g/mol. The van der Waals surface area contributed by atoms with Crippen LogP contribution in [0.25, 0.3) is 0 Å². The molecule has 0 aromatic rings. The summed E-state index contributed by atoms with van der Waals surface area (Å²) in [4.78, 5) is 15.9. The SMILES string of the molecule is CN=C(NC)NCC1(C(=O)OC)CCOCC1. The molecule has 6 heteroatoms. The molecule has 0 amide bonds. The van der Waals surface area contributed by atoms with E-state index in [0.717, 1.165) is 0 Å². The maximum absolute atomic E-state index is 11.9. The molecule has 0 aromatic carbocycles. The summed E-state index contributed by atoms with van der Waals surface area (Å²) in [6.45, 7) is 1.69. The number of aliphatic imine (C=N–C) groups is 1. The van der Waals surface area contributed by atoms with E-state index < -0.39 is 5.41 Å². The number of carbonyl (C=O) groups excluding carboxylic acids is 1. The monoisotopic (exact) mass is 243 g/mol. The number of esters is 1. The van der Waals surface area contributed by atoms with E-state index in [9.17, 15) is 4.79 Å². The van der Waals surface area contributed by atoms with Crippen LogP contribution in [0, 0.1) is 5.41 Å². The summed E-state index contributed by atoms with van der Waals surface area (Å²) in [6, 6.07) is 0. The number of guanidine groups is 1. The molecule has 98 valence electrons. The highest BCUT2D eigenvalue weighted by molar-refractivity contribution is 5.81. The summed E-state index contributed by atoms with van der Waals surface area (Å²) in [5.41, 5.74) is -0.500. The van der Waals surface area contributed by atoms with Gasteiger partial charge in [-0.3, -0.25) is 9.79 Å². The average Bonchev–Trinajstić information content (AvgIpc) is 2.40. The van der Waals surface area contributed by atoms with Gasteiger partial charge in [0.05, 0.1) is 12.5 Å². The first-order valence-corrected chi connectivity index (χ1v) is 5.73. The van der Waals surface area contributed by atoms with Gasteiger partial charge in [-0.25, -0.2) is 0 Å². The van der Waals surface area contributed by atoms with Crippen LogP contribution in [0.4, 0.5) is 0 Å². The zero-order valence-corrected chi connectivity index (χ0v) is 10.7. The van der Waals surface area contributed by atoms with Crippen molar-refractivity contribution in [2.24, 2.45) is 10.4 Å². The molecule has 0 aliphatic carbocycles. The van der Waals surface area contributed by atoms with Crippen LogP contribution in [0.1, 0.15) is 12.8 Å². The maximum atomic E-state index is 11.9. The number of methoxy groups -OCH3 is 1. The van der Waals surface area contributed by atoms with Gasteiger partial charge in [0.2, 0.25) is 0 Å². The minimum Gasteiger partial charge on any atom is -0.469 e. The molecule has 0 unspecified atom stereocenters. The van der Waals surface area contributed by atoms with Gasteiger partial charge in [-0.2, -0.15) is 0 Å². The zero-order valence-electron chi connectivity index (χ0n) is 10.7. The van der Waals surface area contributed by atoms with Crippen molar-refractivity contribution in [3.05, 3.63) is 0 Å². The molecular weight excluding hydrogens is 222 g/mol. The Kier molecular flexibility index (Phi) is 5.21. The highest BCUT2D eigenvalue weighted by Gasteiger charge is 2.41. The summed E-state index contributed by atoms with van der Waals surface area (Å²) >= 11 is 0. The molecule has 0 saturated carbocycles. The first kappa shape index (κ1) is 13.8. The normalized spacial score (nSPS) is 19.6. The molecule has 1 fully saturated rings. The maximum Gasteiger partial charge on any atom is 0.313 e. The zero-order chi connectivity index (χ0) is 12.7. The van der Waals surface area contributed by atoms with Crippen molar-refractivity contribution in [2.45, 2.75) is 12.8 Å². The van der Waals surface area contributed by atoms with Crippen molar-refractivity contribution in [2.75, 3.05) is 41.0 Å². The van der Waals surface area contributed by atoms with Gasteiger partial charge in [0.25, 0.3) is 0 Å². The lowest BCUT2D eigenvalue weighted by molar-refractivity contribution is -0.158. The first-order chi connectivity index (χ1) is 8.18. The van der Waals surface area contributed by atoms with Crippen LogP contribution in [0.2, 0.25) is 0 Å². The third-order valence-corrected chi connectivity index (χ3v) is 3.12. The second-order valence-electron chi connectivity index (χ2n) is 4.06. The number of carbonyl (C=O) groups is 1. The molecule has 1 aliphatic rings. The fourth-order valence-corrected chi connectivity index (χ4v) is 1.96. The Morgan fingerprint density at radius 2 is 2.12 bits per heavy atom. The van der Waals surface area contributed by atoms with Crippen molar-refractivity contribution < 1.29 is 14.3 Å². The summed E-state index contributed by atoms with van der Waals surface area (Å²) < 4.78 is 10.2. The van der Waals surface area contributed by atoms with Gasteiger partial charge in [0.15, 0.2) is 5.96 Å². The number of hydrogen-bond donors (Lipinski definition) is 2. The Labute approximate surface area is 102 Å². The van der Waals surface area contributed by atoms with Crippen LogP contribution in [0.5, 0.6) is 0 Å². The minimum absolute atomic E-state index is 0.181. The van der Waals surface area contributed by atoms with Crippen molar-refractivity contribution in [1.29, 1.82) is 0 Å². The molecule has 0 radical (unpaired) electrons. The van der Waals surface area contributed by atoms with Gasteiger partial charge < -0.3 is 20.1 Å². The van der Waals surface area contributed by atoms with E-state index in [2.05, 4.69) is 15.6 Å². The van der Waals surface area contributed by atoms with Gasteiger partial charge in [-0.15, -0.1) is 0 Å². The van der Waals surface area contributed by atoms with E-state index in [-0.39, 0.29) is 5.97 Å². The molecule has 0 aromatic heterocycles. The van der Waals surface area contributed by atoms with Crippen LogP contribution in [-0.4, -0.2) is 52.9 Å². The van der Waals surface area contributed by atoms with Gasteiger partial charge in [-0.05, 0) is 12.8 Å². The third kappa shape index (κ3) is 3.33. The smallest absolute Gasteiger partial charge is 0.313 e. The number of rotatable bonds is 3. The van der Waals surface area contributed by atoms with Crippen LogP contribution >= 0.6 is 0 Å². The second-order valence-corrected chi connectivity index (χ2v) is 4.06. The number of hydrogen-bond acceptors (Lipinski definition) is 4. The quantitative estimate of drug-likeness (QED) is 0.406. The molecule has 0 bridgehead atoms. The summed E-state index contributed by atoms with van der Waals surface area (Å²) in [5.74, 6) is 0.486. The Balaban J connectivity index is 2.67. The molecule has 6 nitrogen and oxygen atoms in total. The highest BCUT2D eigenvalue weighted by Crippen LogP contribution is 2.31. The Morgan fingerprint density at radius 3 is 2.59 bits per heavy atom. The van der Waals surface area contributed by atoms with Gasteiger partial charge in [0, 0.05) is 33.9 Å². The summed E-state index contributed by atoms with van der Waals surface area (Å²) in [7, 11) is 4.89.